The van der Waals surface area contributed by atoms with Gasteiger partial charge in [0.15, 0.2) is 0 Å². The molecule has 0 aromatic carbocycles. The zero-order valence-corrected chi connectivity index (χ0v) is 16.6. The molecular weight excluding hydrogens is 341 g/mol. The SMILES string of the molecule is CCCC=CCCCCCCCCCCC(O)C(N)COP(=O)(O)O. The summed E-state index contributed by atoms with van der Waals surface area (Å²) in [7, 11) is -4.51. The Balaban J connectivity index is 3.38. The summed E-state index contributed by atoms with van der Waals surface area (Å²) in [6.07, 6.45) is 17.3. The second kappa shape index (κ2) is 16.0. The second-order valence-corrected chi connectivity index (χ2v) is 7.92. The van der Waals surface area contributed by atoms with Crippen LogP contribution in [0.15, 0.2) is 12.2 Å². The predicted molar refractivity (Wildman–Crippen MR) is 102 cm³/mol. The van der Waals surface area contributed by atoms with E-state index in [1.165, 1.54) is 51.4 Å². The highest BCUT2D eigenvalue weighted by molar-refractivity contribution is 7.46. The Labute approximate surface area is 153 Å². The van der Waals surface area contributed by atoms with Crippen LogP contribution in [0.4, 0.5) is 0 Å². The van der Waals surface area contributed by atoms with Crippen LogP contribution < -0.4 is 5.73 Å². The van der Waals surface area contributed by atoms with Crippen molar-refractivity contribution >= 4 is 7.82 Å². The van der Waals surface area contributed by atoms with E-state index in [4.69, 9.17) is 15.5 Å². The van der Waals surface area contributed by atoms with Crippen molar-refractivity contribution in [3.05, 3.63) is 12.2 Å². The van der Waals surface area contributed by atoms with Crippen LogP contribution in [0, 0.1) is 0 Å². The Hall–Kier alpha value is -0.230. The highest BCUT2D eigenvalue weighted by Gasteiger charge is 2.20. The van der Waals surface area contributed by atoms with E-state index in [1.54, 1.807) is 0 Å². The molecule has 0 aromatic rings. The molecule has 2 unspecified atom stereocenters. The first-order chi connectivity index (χ1) is 11.9. The largest absolute Gasteiger partial charge is 0.469 e. The first-order valence-corrected chi connectivity index (χ1v) is 11.2. The fourth-order valence-electron chi connectivity index (χ4n) is 2.59. The van der Waals surface area contributed by atoms with E-state index in [2.05, 4.69) is 23.6 Å². The second-order valence-electron chi connectivity index (χ2n) is 6.68. The van der Waals surface area contributed by atoms with Crippen LogP contribution in [0.25, 0.3) is 0 Å². The minimum Gasteiger partial charge on any atom is -0.391 e. The molecule has 0 fully saturated rings. The average Bonchev–Trinajstić information content (AvgIpc) is 2.56. The zero-order chi connectivity index (χ0) is 19.0. The maximum absolute atomic E-state index is 10.6. The van der Waals surface area contributed by atoms with Crippen molar-refractivity contribution in [2.24, 2.45) is 5.73 Å². The van der Waals surface area contributed by atoms with E-state index in [0.717, 1.165) is 19.3 Å². The van der Waals surface area contributed by atoms with Crippen LogP contribution in [0.1, 0.15) is 84.0 Å². The number of nitrogens with two attached hydrogens (primary N) is 1. The summed E-state index contributed by atoms with van der Waals surface area (Å²) in [6.45, 7) is 1.86. The molecule has 0 saturated carbocycles. The first-order valence-electron chi connectivity index (χ1n) is 9.65. The lowest BCUT2D eigenvalue weighted by atomic mass is 10.0. The predicted octanol–water partition coefficient (Wildman–Crippen LogP) is 4.04. The van der Waals surface area contributed by atoms with Crippen molar-refractivity contribution in [3.8, 4) is 0 Å². The van der Waals surface area contributed by atoms with Crippen molar-refractivity contribution < 1.29 is 24.0 Å². The normalized spacial score (nSPS) is 14.9. The van der Waals surface area contributed by atoms with Gasteiger partial charge < -0.3 is 20.6 Å². The summed E-state index contributed by atoms with van der Waals surface area (Å²) in [5.74, 6) is 0. The van der Waals surface area contributed by atoms with Gasteiger partial charge in [0.05, 0.1) is 18.8 Å². The van der Waals surface area contributed by atoms with Crippen LogP contribution in [0.3, 0.4) is 0 Å². The van der Waals surface area contributed by atoms with Crippen LogP contribution >= 0.6 is 7.82 Å². The molecule has 0 saturated heterocycles. The highest BCUT2D eigenvalue weighted by Crippen LogP contribution is 2.35. The van der Waals surface area contributed by atoms with E-state index < -0.39 is 20.0 Å². The van der Waals surface area contributed by atoms with Gasteiger partial charge in [0, 0.05) is 0 Å². The molecule has 0 aliphatic heterocycles. The highest BCUT2D eigenvalue weighted by atomic mass is 31.2. The van der Waals surface area contributed by atoms with Crippen molar-refractivity contribution in [1.82, 2.24) is 0 Å². The summed E-state index contributed by atoms with van der Waals surface area (Å²) >= 11 is 0. The quantitative estimate of drug-likeness (QED) is 0.172. The van der Waals surface area contributed by atoms with E-state index in [9.17, 15) is 9.67 Å². The smallest absolute Gasteiger partial charge is 0.391 e. The van der Waals surface area contributed by atoms with Gasteiger partial charge in [-0.2, -0.15) is 0 Å². The molecule has 0 rings (SSSR count). The maximum Gasteiger partial charge on any atom is 0.469 e. The van der Waals surface area contributed by atoms with Crippen molar-refractivity contribution in [3.63, 3.8) is 0 Å². The summed E-state index contributed by atoms with van der Waals surface area (Å²) < 4.78 is 14.9. The van der Waals surface area contributed by atoms with Crippen molar-refractivity contribution in [1.29, 1.82) is 0 Å². The first kappa shape index (κ1) is 24.8. The molecule has 0 aliphatic carbocycles. The van der Waals surface area contributed by atoms with Crippen LogP contribution in [-0.2, 0) is 9.09 Å². The molecule has 6 nitrogen and oxygen atoms in total. The molecule has 7 heteroatoms. The Kier molecular flexibility index (Phi) is 15.8. The van der Waals surface area contributed by atoms with Crippen molar-refractivity contribution in [2.75, 3.05) is 6.61 Å². The number of unbranched alkanes of at least 4 members (excludes halogenated alkanes) is 9. The number of hydrogen-bond donors (Lipinski definition) is 4. The minimum absolute atomic E-state index is 0.334. The van der Waals surface area contributed by atoms with Crippen LogP contribution in [0.5, 0.6) is 0 Å². The van der Waals surface area contributed by atoms with Gasteiger partial charge in [-0.25, -0.2) is 4.57 Å². The number of aliphatic hydroxyl groups is 1. The molecule has 0 heterocycles. The molecule has 0 spiro atoms. The lowest BCUT2D eigenvalue weighted by Crippen LogP contribution is -2.38. The van der Waals surface area contributed by atoms with Gasteiger partial charge in [-0.3, -0.25) is 4.52 Å². The Morgan fingerprint density at radius 3 is 2.04 bits per heavy atom. The van der Waals surface area contributed by atoms with Gasteiger partial charge in [-0.1, -0.05) is 70.4 Å². The summed E-state index contributed by atoms with van der Waals surface area (Å²) in [6, 6.07) is -0.765. The van der Waals surface area contributed by atoms with E-state index in [1.807, 2.05) is 0 Å². The topological polar surface area (TPSA) is 113 Å². The maximum atomic E-state index is 10.6. The Morgan fingerprint density at radius 1 is 0.960 bits per heavy atom. The van der Waals surface area contributed by atoms with Gasteiger partial charge in [-0.15, -0.1) is 0 Å². The standard InChI is InChI=1S/C18H38NO5P/c1-2-3-4-5-6-7-8-9-10-11-12-13-14-15-18(20)17(19)16-24-25(21,22)23/h4-5,17-18,20H,2-3,6-16,19H2,1H3,(H2,21,22,23). The molecule has 0 radical (unpaired) electrons. The minimum atomic E-state index is -4.51. The third-order valence-electron chi connectivity index (χ3n) is 4.17. The van der Waals surface area contributed by atoms with Crippen molar-refractivity contribution in [2.45, 2.75) is 96.1 Å². The molecule has 5 N–H and O–H groups in total. The number of allylic oxidation sites excluding steroid dienone is 2. The van der Waals surface area contributed by atoms with Gasteiger partial charge >= 0.3 is 7.82 Å². The molecule has 25 heavy (non-hydrogen) atoms. The summed E-state index contributed by atoms with van der Waals surface area (Å²) in [5, 5.41) is 9.83. The molecule has 0 amide bonds. The lowest BCUT2D eigenvalue weighted by Gasteiger charge is -2.18. The monoisotopic (exact) mass is 379 g/mol. The lowest BCUT2D eigenvalue weighted by molar-refractivity contribution is 0.0931. The molecule has 2 atom stereocenters. The molecule has 0 bridgehead atoms. The van der Waals surface area contributed by atoms with E-state index >= 15 is 0 Å². The van der Waals surface area contributed by atoms with Gasteiger partial charge in [-0.05, 0) is 25.7 Å². The van der Waals surface area contributed by atoms with Crippen LogP contribution in [0.2, 0.25) is 0 Å². The van der Waals surface area contributed by atoms with E-state index in [0.29, 0.717) is 6.42 Å². The molecule has 0 aliphatic rings. The number of hydrogen-bond acceptors (Lipinski definition) is 4. The summed E-state index contributed by atoms with van der Waals surface area (Å²) in [4.78, 5) is 17.2. The molecule has 0 aromatic heterocycles. The van der Waals surface area contributed by atoms with Crippen LogP contribution in [-0.4, -0.2) is 33.6 Å². The van der Waals surface area contributed by atoms with Gasteiger partial charge in [0.25, 0.3) is 0 Å². The summed E-state index contributed by atoms with van der Waals surface area (Å²) in [5.41, 5.74) is 5.65. The number of rotatable bonds is 17. The molecular formula is C18H38NO5P. The zero-order valence-electron chi connectivity index (χ0n) is 15.7. The third-order valence-corrected chi connectivity index (χ3v) is 4.66. The number of phosphoric ester groups is 1. The Morgan fingerprint density at radius 2 is 1.48 bits per heavy atom. The van der Waals surface area contributed by atoms with Gasteiger partial charge in [0.2, 0.25) is 0 Å². The number of aliphatic hydroxyl groups excluding tert-OH is 1. The van der Waals surface area contributed by atoms with Gasteiger partial charge in [0.1, 0.15) is 0 Å². The fraction of sp³-hybridized carbons (Fsp3) is 0.889. The fourth-order valence-corrected chi connectivity index (χ4v) is 2.95. The third kappa shape index (κ3) is 18.4. The number of phosphoric acid groups is 1. The van der Waals surface area contributed by atoms with E-state index in [-0.39, 0.29) is 6.61 Å². The average molecular weight is 379 g/mol. The Bertz CT molecular complexity index is 372. The molecule has 150 valence electrons.